The van der Waals surface area contributed by atoms with E-state index in [0.29, 0.717) is 18.6 Å². The van der Waals surface area contributed by atoms with Gasteiger partial charge in [0.15, 0.2) is 5.96 Å². The second-order valence-electron chi connectivity index (χ2n) is 7.42. The van der Waals surface area contributed by atoms with E-state index in [-0.39, 0.29) is 0 Å². The summed E-state index contributed by atoms with van der Waals surface area (Å²) in [5.41, 5.74) is 1.25. The summed E-state index contributed by atoms with van der Waals surface area (Å²) < 4.78 is 0. The number of nitrogens with one attached hydrogen (secondary N) is 2. The van der Waals surface area contributed by atoms with Crippen LogP contribution in [-0.2, 0) is 6.54 Å². The molecule has 1 aliphatic rings. The predicted octanol–water partition coefficient (Wildman–Crippen LogP) is 3.77. The van der Waals surface area contributed by atoms with Crippen LogP contribution in [0.3, 0.4) is 0 Å². The van der Waals surface area contributed by atoms with Crippen LogP contribution in [0.25, 0.3) is 10.8 Å². The molecular formula is C22H32N4. The Kier molecular flexibility index (Phi) is 6.51. The molecule has 0 saturated carbocycles. The topological polar surface area (TPSA) is 39.7 Å². The van der Waals surface area contributed by atoms with Crippen molar-refractivity contribution in [3.8, 4) is 0 Å². The fraction of sp³-hybridized carbons (Fsp3) is 0.500. The Morgan fingerprint density at radius 3 is 2.54 bits per heavy atom. The number of aliphatic imine (C=N–C) groups is 1. The van der Waals surface area contributed by atoms with Gasteiger partial charge in [-0.2, -0.15) is 0 Å². The van der Waals surface area contributed by atoms with Gasteiger partial charge in [-0.1, -0.05) is 36.4 Å². The second-order valence-corrected chi connectivity index (χ2v) is 7.42. The summed E-state index contributed by atoms with van der Waals surface area (Å²) in [5, 5.41) is 9.59. The molecule has 26 heavy (non-hydrogen) atoms. The monoisotopic (exact) mass is 352 g/mol. The molecule has 4 nitrogen and oxygen atoms in total. The smallest absolute Gasteiger partial charge is 0.191 e. The minimum absolute atomic E-state index is 0.513. The van der Waals surface area contributed by atoms with E-state index in [0.717, 1.165) is 12.5 Å². The molecule has 2 aromatic carbocycles. The average molecular weight is 353 g/mol. The molecule has 1 saturated heterocycles. The Bertz CT molecular complexity index is 730. The van der Waals surface area contributed by atoms with E-state index < -0.39 is 0 Å². The molecule has 0 atom stereocenters. The van der Waals surface area contributed by atoms with Crippen LogP contribution in [-0.4, -0.2) is 42.6 Å². The van der Waals surface area contributed by atoms with Crippen LogP contribution < -0.4 is 10.6 Å². The molecule has 1 heterocycles. The van der Waals surface area contributed by atoms with Crippen LogP contribution in [0.1, 0.15) is 39.2 Å². The van der Waals surface area contributed by atoms with Crippen LogP contribution in [0.5, 0.6) is 0 Å². The summed E-state index contributed by atoms with van der Waals surface area (Å²) in [5.74, 6) is 0.934. The molecule has 4 heteroatoms. The number of hydrogen-bond acceptors (Lipinski definition) is 2. The first-order chi connectivity index (χ1) is 12.7. The van der Waals surface area contributed by atoms with Crippen LogP contribution in [0.2, 0.25) is 0 Å². The van der Waals surface area contributed by atoms with Gasteiger partial charge in [-0.25, -0.2) is 4.99 Å². The first-order valence-electron chi connectivity index (χ1n) is 9.92. The number of piperidine rings is 1. The summed E-state index contributed by atoms with van der Waals surface area (Å²) in [6.07, 6.45) is 2.36. The lowest BCUT2D eigenvalue weighted by atomic mass is 10.0. The van der Waals surface area contributed by atoms with Crippen molar-refractivity contribution < 1.29 is 0 Å². The van der Waals surface area contributed by atoms with Gasteiger partial charge >= 0.3 is 0 Å². The minimum Gasteiger partial charge on any atom is -0.357 e. The van der Waals surface area contributed by atoms with Crippen molar-refractivity contribution in [2.45, 2.75) is 52.2 Å². The van der Waals surface area contributed by atoms with Crippen molar-refractivity contribution >= 4 is 16.7 Å². The fourth-order valence-electron chi connectivity index (χ4n) is 3.58. The molecule has 0 aliphatic carbocycles. The maximum atomic E-state index is 4.82. The normalized spacial score (nSPS) is 17.0. The van der Waals surface area contributed by atoms with Gasteiger partial charge in [-0.05, 0) is 56.0 Å². The zero-order chi connectivity index (χ0) is 18.4. The highest BCUT2D eigenvalue weighted by Crippen LogP contribution is 2.16. The number of likely N-dealkylation sites (tertiary alicyclic amines) is 1. The first-order valence-corrected chi connectivity index (χ1v) is 9.92. The maximum absolute atomic E-state index is 4.82. The predicted molar refractivity (Wildman–Crippen MR) is 112 cm³/mol. The van der Waals surface area contributed by atoms with Crippen molar-refractivity contribution in [3.05, 3.63) is 48.0 Å². The van der Waals surface area contributed by atoms with Gasteiger partial charge in [-0.15, -0.1) is 0 Å². The molecule has 2 N–H and O–H groups in total. The lowest BCUT2D eigenvalue weighted by Gasteiger charge is -2.35. The van der Waals surface area contributed by atoms with Crippen molar-refractivity contribution in [1.82, 2.24) is 15.5 Å². The standard InChI is InChI=1S/C22H32N4/c1-4-23-22(25-21-11-13-26(14-12-21)17(2)3)24-16-18-9-10-19-7-5-6-8-20(19)15-18/h5-10,15,17,21H,4,11-14,16H2,1-3H3,(H2,23,24,25). The fourth-order valence-corrected chi connectivity index (χ4v) is 3.58. The third-order valence-corrected chi connectivity index (χ3v) is 5.18. The Morgan fingerprint density at radius 2 is 1.85 bits per heavy atom. The van der Waals surface area contributed by atoms with Crippen LogP contribution in [0, 0.1) is 0 Å². The molecular weight excluding hydrogens is 320 g/mol. The van der Waals surface area contributed by atoms with Gasteiger partial charge in [0.2, 0.25) is 0 Å². The summed E-state index contributed by atoms with van der Waals surface area (Å²) in [7, 11) is 0. The van der Waals surface area contributed by atoms with Crippen molar-refractivity contribution in [3.63, 3.8) is 0 Å². The van der Waals surface area contributed by atoms with Gasteiger partial charge in [-0.3, -0.25) is 0 Å². The van der Waals surface area contributed by atoms with E-state index in [9.17, 15) is 0 Å². The largest absolute Gasteiger partial charge is 0.357 e. The Hall–Kier alpha value is -2.07. The summed E-state index contributed by atoms with van der Waals surface area (Å²) >= 11 is 0. The number of rotatable bonds is 5. The SMILES string of the molecule is CCNC(=NCc1ccc2ccccc2c1)NC1CCN(C(C)C)CC1. The number of hydrogen-bond donors (Lipinski definition) is 2. The van der Waals surface area contributed by atoms with Crippen LogP contribution in [0.15, 0.2) is 47.5 Å². The van der Waals surface area contributed by atoms with Crippen LogP contribution >= 0.6 is 0 Å². The summed E-state index contributed by atoms with van der Waals surface area (Å²) in [6.45, 7) is 10.6. The Labute approximate surface area is 157 Å². The average Bonchev–Trinajstić information content (AvgIpc) is 2.66. The van der Waals surface area contributed by atoms with Gasteiger partial charge in [0.1, 0.15) is 0 Å². The summed E-state index contributed by atoms with van der Waals surface area (Å²) in [4.78, 5) is 7.37. The number of guanidine groups is 1. The maximum Gasteiger partial charge on any atom is 0.191 e. The van der Waals surface area contributed by atoms with E-state index in [1.165, 1.54) is 42.3 Å². The Balaban J connectivity index is 1.61. The highest BCUT2D eigenvalue weighted by atomic mass is 15.2. The van der Waals surface area contributed by atoms with Gasteiger partial charge in [0.05, 0.1) is 6.54 Å². The molecule has 0 unspecified atom stereocenters. The first kappa shape index (κ1) is 18.7. The molecule has 1 fully saturated rings. The third-order valence-electron chi connectivity index (χ3n) is 5.18. The van der Waals surface area contributed by atoms with Gasteiger partial charge < -0.3 is 15.5 Å². The van der Waals surface area contributed by atoms with Crippen molar-refractivity contribution in [2.75, 3.05) is 19.6 Å². The van der Waals surface area contributed by atoms with E-state index >= 15 is 0 Å². The Morgan fingerprint density at radius 1 is 1.12 bits per heavy atom. The van der Waals surface area contributed by atoms with E-state index in [1.807, 2.05) is 0 Å². The van der Waals surface area contributed by atoms with E-state index in [2.05, 4.69) is 78.8 Å². The molecule has 0 bridgehead atoms. The zero-order valence-electron chi connectivity index (χ0n) is 16.3. The van der Waals surface area contributed by atoms with Gasteiger partial charge in [0, 0.05) is 31.7 Å². The molecule has 0 radical (unpaired) electrons. The highest BCUT2D eigenvalue weighted by Gasteiger charge is 2.21. The summed E-state index contributed by atoms with van der Waals surface area (Å²) in [6, 6.07) is 16.2. The lowest BCUT2D eigenvalue weighted by Crippen LogP contribution is -2.49. The molecule has 3 rings (SSSR count). The highest BCUT2D eigenvalue weighted by molar-refractivity contribution is 5.83. The molecule has 0 amide bonds. The lowest BCUT2D eigenvalue weighted by molar-refractivity contribution is 0.167. The van der Waals surface area contributed by atoms with Crippen LogP contribution in [0.4, 0.5) is 0 Å². The molecule has 0 aromatic heterocycles. The third kappa shape index (κ3) is 4.98. The second kappa shape index (κ2) is 9.04. The molecule has 1 aliphatic heterocycles. The molecule has 140 valence electrons. The number of benzene rings is 2. The molecule has 0 spiro atoms. The van der Waals surface area contributed by atoms with Crippen molar-refractivity contribution in [1.29, 1.82) is 0 Å². The zero-order valence-corrected chi connectivity index (χ0v) is 16.3. The quantitative estimate of drug-likeness (QED) is 0.636. The van der Waals surface area contributed by atoms with E-state index in [1.54, 1.807) is 0 Å². The number of nitrogens with zero attached hydrogens (tertiary/aromatic N) is 2. The molecule has 2 aromatic rings. The minimum atomic E-state index is 0.513. The van der Waals surface area contributed by atoms with E-state index in [4.69, 9.17) is 4.99 Å². The van der Waals surface area contributed by atoms with Gasteiger partial charge in [0.25, 0.3) is 0 Å². The number of fused-ring (bicyclic) bond motifs is 1. The van der Waals surface area contributed by atoms with Crippen molar-refractivity contribution in [2.24, 2.45) is 4.99 Å².